The topological polar surface area (TPSA) is 127 Å². The fraction of sp³-hybridized carbons (Fsp3) is 0.625. The molecule has 0 aliphatic rings. The molecule has 0 aromatic carbocycles. The van der Waals surface area contributed by atoms with Crippen LogP contribution in [0.1, 0.15) is 20.3 Å². The van der Waals surface area contributed by atoms with Crippen LogP contribution >= 0.6 is 0 Å². The van der Waals surface area contributed by atoms with Crippen molar-refractivity contribution in [1.82, 2.24) is 15.8 Å². The first-order valence-electron chi connectivity index (χ1n) is 4.91. The number of hydrogen-bond donors (Lipinski definition) is 5. The summed E-state index contributed by atoms with van der Waals surface area (Å²) in [5.74, 6) is -0.542. The second-order valence-electron chi connectivity index (χ2n) is 2.87. The minimum absolute atomic E-state index is 0.178. The van der Waals surface area contributed by atoms with E-state index in [1.807, 2.05) is 6.92 Å². The summed E-state index contributed by atoms with van der Waals surface area (Å²) in [6, 6.07) is 0. The lowest BCUT2D eigenvalue weighted by Gasteiger charge is -2.24. The molecule has 0 heterocycles. The Bertz CT molecular complexity index is 267. The SMILES string of the molecule is CCCN(NC(=O)OCC)C(=N)NC(=N)N. The fourth-order valence-corrected chi connectivity index (χ4v) is 0.916. The van der Waals surface area contributed by atoms with Gasteiger partial charge in [-0.15, -0.1) is 0 Å². The van der Waals surface area contributed by atoms with E-state index in [4.69, 9.17) is 16.6 Å². The molecule has 1 amide bonds. The smallest absolute Gasteiger partial charge is 0.426 e. The van der Waals surface area contributed by atoms with Gasteiger partial charge < -0.3 is 10.5 Å². The van der Waals surface area contributed by atoms with E-state index in [9.17, 15) is 4.79 Å². The maximum Gasteiger partial charge on any atom is 0.426 e. The number of amides is 1. The molecule has 0 aromatic rings. The maximum absolute atomic E-state index is 11.1. The second-order valence-corrected chi connectivity index (χ2v) is 2.87. The van der Waals surface area contributed by atoms with E-state index in [0.29, 0.717) is 13.0 Å². The normalized spacial score (nSPS) is 9.12. The minimum Gasteiger partial charge on any atom is -0.449 e. The molecule has 0 aliphatic carbocycles. The predicted octanol–water partition coefficient (Wildman–Crippen LogP) is -0.223. The minimum atomic E-state index is -0.647. The summed E-state index contributed by atoms with van der Waals surface area (Å²) in [6.45, 7) is 4.24. The van der Waals surface area contributed by atoms with Crippen molar-refractivity contribution in [2.45, 2.75) is 20.3 Å². The van der Waals surface area contributed by atoms with E-state index in [2.05, 4.69) is 15.5 Å². The van der Waals surface area contributed by atoms with Crippen molar-refractivity contribution in [1.29, 1.82) is 10.8 Å². The molecule has 0 saturated heterocycles. The number of nitrogens with one attached hydrogen (secondary N) is 4. The first-order valence-corrected chi connectivity index (χ1v) is 4.91. The highest BCUT2D eigenvalue weighted by atomic mass is 16.6. The lowest BCUT2D eigenvalue weighted by atomic mass is 10.5. The zero-order chi connectivity index (χ0) is 12.6. The quantitative estimate of drug-likeness (QED) is 0.260. The van der Waals surface area contributed by atoms with Crippen LogP contribution in [-0.4, -0.2) is 36.2 Å². The van der Waals surface area contributed by atoms with Gasteiger partial charge in [-0.2, -0.15) is 0 Å². The molecule has 0 fully saturated rings. The summed E-state index contributed by atoms with van der Waals surface area (Å²) in [4.78, 5) is 11.1. The largest absolute Gasteiger partial charge is 0.449 e. The molecule has 0 rings (SSSR count). The van der Waals surface area contributed by atoms with Crippen molar-refractivity contribution in [2.75, 3.05) is 13.2 Å². The van der Waals surface area contributed by atoms with Crippen LogP contribution in [0.5, 0.6) is 0 Å². The van der Waals surface area contributed by atoms with Gasteiger partial charge in [0.05, 0.1) is 6.61 Å². The van der Waals surface area contributed by atoms with Crippen LogP contribution in [0.25, 0.3) is 0 Å². The average Bonchev–Trinajstić information content (AvgIpc) is 2.16. The summed E-state index contributed by atoms with van der Waals surface area (Å²) in [7, 11) is 0. The third-order valence-corrected chi connectivity index (χ3v) is 1.47. The Balaban J connectivity index is 4.30. The lowest BCUT2D eigenvalue weighted by molar-refractivity contribution is 0.130. The van der Waals surface area contributed by atoms with Crippen LogP contribution in [0.3, 0.4) is 0 Å². The van der Waals surface area contributed by atoms with E-state index in [1.165, 1.54) is 5.01 Å². The third-order valence-electron chi connectivity index (χ3n) is 1.47. The van der Waals surface area contributed by atoms with Crippen LogP contribution in [0, 0.1) is 10.8 Å². The molecule has 0 spiro atoms. The van der Waals surface area contributed by atoms with E-state index in [1.54, 1.807) is 6.92 Å². The van der Waals surface area contributed by atoms with E-state index < -0.39 is 6.09 Å². The van der Waals surface area contributed by atoms with Gasteiger partial charge in [0, 0.05) is 6.54 Å². The highest BCUT2D eigenvalue weighted by molar-refractivity contribution is 5.95. The number of carbonyl (C=O) groups is 1. The fourth-order valence-electron chi connectivity index (χ4n) is 0.916. The van der Waals surface area contributed by atoms with Gasteiger partial charge in [0.1, 0.15) is 0 Å². The van der Waals surface area contributed by atoms with Gasteiger partial charge in [0.2, 0.25) is 5.96 Å². The Morgan fingerprint density at radius 1 is 1.44 bits per heavy atom. The molecule has 0 unspecified atom stereocenters. The van der Waals surface area contributed by atoms with Crippen LogP contribution in [-0.2, 0) is 4.74 Å². The second kappa shape index (κ2) is 7.32. The van der Waals surface area contributed by atoms with E-state index in [-0.39, 0.29) is 18.5 Å². The van der Waals surface area contributed by atoms with Crippen LogP contribution in [0.15, 0.2) is 0 Å². The molecule has 0 radical (unpaired) electrons. The number of rotatable bonds is 3. The molecule has 16 heavy (non-hydrogen) atoms. The van der Waals surface area contributed by atoms with Crippen LogP contribution in [0.2, 0.25) is 0 Å². The first kappa shape index (κ1) is 14.0. The van der Waals surface area contributed by atoms with Gasteiger partial charge in [-0.25, -0.2) is 10.2 Å². The molecule has 0 saturated carbocycles. The Hall–Kier alpha value is -1.99. The molecule has 8 heteroatoms. The van der Waals surface area contributed by atoms with Crippen molar-refractivity contribution in [3.63, 3.8) is 0 Å². The molecule has 0 atom stereocenters. The molecule has 0 aromatic heterocycles. The molecule has 6 N–H and O–H groups in total. The Labute approximate surface area is 94.1 Å². The van der Waals surface area contributed by atoms with E-state index >= 15 is 0 Å². The molecular weight excluding hydrogens is 212 g/mol. The number of hydrogen-bond acceptors (Lipinski definition) is 4. The summed E-state index contributed by atoms with van der Waals surface area (Å²) in [5.41, 5.74) is 7.43. The summed E-state index contributed by atoms with van der Waals surface area (Å²) >= 11 is 0. The van der Waals surface area contributed by atoms with E-state index in [0.717, 1.165) is 0 Å². The van der Waals surface area contributed by atoms with Gasteiger partial charge in [-0.1, -0.05) is 6.92 Å². The summed E-state index contributed by atoms with van der Waals surface area (Å²) in [5, 5.41) is 18.0. The van der Waals surface area contributed by atoms with Gasteiger partial charge >= 0.3 is 6.09 Å². The number of carbonyl (C=O) groups excluding carboxylic acids is 1. The summed E-state index contributed by atoms with van der Waals surface area (Å²) < 4.78 is 4.67. The predicted molar refractivity (Wildman–Crippen MR) is 59.9 cm³/mol. The van der Waals surface area contributed by atoms with Crippen molar-refractivity contribution < 1.29 is 9.53 Å². The molecule has 92 valence electrons. The number of ether oxygens (including phenoxy) is 1. The third kappa shape index (κ3) is 5.68. The van der Waals surface area contributed by atoms with Gasteiger partial charge in [-0.3, -0.25) is 21.1 Å². The number of guanidine groups is 2. The van der Waals surface area contributed by atoms with Gasteiger partial charge in [-0.05, 0) is 13.3 Å². The van der Waals surface area contributed by atoms with Gasteiger partial charge in [0.25, 0.3) is 0 Å². The number of nitrogens with two attached hydrogens (primary N) is 1. The molecule has 8 nitrogen and oxygen atoms in total. The van der Waals surface area contributed by atoms with Crippen LogP contribution < -0.4 is 16.5 Å². The van der Waals surface area contributed by atoms with Crippen molar-refractivity contribution in [3.8, 4) is 0 Å². The molecule has 0 aliphatic heterocycles. The number of nitrogens with zero attached hydrogens (tertiary/aromatic N) is 1. The zero-order valence-corrected chi connectivity index (χ0v) is 9.46. The molecule has 0 bridgehead atoms. The van der Waals surface area contributed by atoms with Crippen molar-refractivity contribution in [2.24, 2.45) is 5.73 Å². The van der Waals surface area contributed by atoms with Crippen molar-refractivity contribution in [3.05, 3.63) is 0 Å². The van der Waals surface area contributed by atoms with Gasteiger partial charge in [0.15, 0.2) is 5.96 Å². The zero-order valence-electron chi connectivity index (χ0n) is 9.46. The Morgan fingerprint density at radius 3 is 2.50 bits per heavy atom. The average molecular weight is 230 g/mol. The maximum atomic E-state index is 11.1. The summed E-state index contributed by atoms with van der Waals surface area (Å²) in [6.07, 6.45) is 0.0695. The Morgan fingerprint density at radius 2 is 2.06 bits per heavy atom. The highest BCUT2D eigenvalue weighted by Gasteiger charge is 2.12. The Kier molecular flexibility index (Phi) is 6.41. The lowest BCUT2D eigenvalue weighted by Crippen LogP contribution is -2.54. The standard InChI is InChI=1S/C8H18N6O2/c1-3-5-14(7(11)12-6(9)10)13-8(15)16-4-2/h3-5H2,1-2H3,(H,13,15)(H5,9,10,11,12). The first-order chi connectivity index (χ1) is 7.51. The molecular formula is C8H18N6O2. The monoisotopic (exact) mass is 230 g/mol. The van der Waals surface area contributed by atoms with Crippen molar-refractivity contribution >= 4 is 18.0 Å². The van der Waals surface area contributed by atoms with Crippen LogP contribution in [0.4, 0.5) is 4.79 Å². The number of hydrazine groups is 1. The highest BCUT2D eigenvalue weighted by Crippen LogP contribution is 1.88.